The van der Waals surface area contributed by atoms with Crippen molar-refractivity contribution in [2.75, 3.05) is 17.3 Å². The van der Waals surface area contributed by atoms with E-state index in [0.717, 1.165) is 29.1 Å². The largest absolute Gasteiger partial charge is 0.495 e. The molecule has 1 unspecified atom stereocenters. The molecular weight excluding hydrogens is 326 g/mol. The van der Waals surface area contributed by atoms with Gasteiger partial charge in [-0.25, -0.2) is 0 Å². The van der Waals surface area contributed by atoms with E-state index >= 15 is 0 Å². The third-order valence-electron chi connectivity index (χ3n) is 4.59. The van der Waals surface area contributed by atoms with Crippen LogP contribution < -0.4 is 15.0 Å². The van der Waals surface area contributed by atoms with Crippen LogP contribution in [0.15, 0.2) is 48.7 Å². The predicted octanol–water partition coefficient (Wildman–Crippen LogP) is 4.01. The van der Waals surface area contributed by atoms with Gasteiger partial charge in [-0.2, -0.15) is 10.1 Å². The van der Waals surface area contributed by atoms with Gasteiger partial charge in [-0.05, 0) is 49.6 Å². The number of nitrogens with zero attached hydrogens (tertiary/aromatic N) is 4. The van der Waals surface area contributed by atoms with Crippen molar-refractivity contribution in [2.45, 2.75) is 26.3 Å². The van der Waals surface area contributed by atoms with Crippen molar-refractivity contribution < 1.29 is 4.74 Å². The molecule has 0 spiro atoms. The summed E-state index contributed by atoms with van der Waals surface area (Å²) in [7, 11) is 1.66. The second-order valence-corrected chi connectivity index (χ2v) is 6.52. The van der Waals surface area contributed by atoms with Crippen LogP contribution >= 0.6 is 0 Å². The van der Waals surface area contributed by atoms with Gasteiger partial charge in [0.15, 0.2) is 5.82 Å². The lowest BCUT2D eigenvalue weighted by Gasteiger charge is -2.22. The summed E-state index contributed by atoms with van der Waals surface area (Å²) in [6.07, 6.45) is 2.60. The average Bonchev–Trinajstić information content (AvgIpc) is 2.98. The molecule has 2 aromatic carbocycles. The highest BCUT2D eigenvalue weighted by molar-refractivity contribution is 5.69. The summed E-state index contributed by atoms with van der Waals surface area (Å²) in [5.74, 6) is 1.99. The Morgan fingerprint density at radius 2 is 2.04 bits per heavy atom. The van der Waals surface area contributed by atoms with Crippen LogP contribution in [0.25, 0.3) is 0 Å². The molecule has 6 heteroatoms. The maximum absolute atomic E-state index is 5.43. The molecule has 132 valence electrons. The third kappa shape index (κ3) is 2.94. The van der Waals surface area contributed by atoms with Crippen LogP contribution in [-0.2, 0) is 6.42 Å². The molecule has 26 heavy (non-hydrogen) atoms. The Labute approximate surface area is 152 Å². The van der Waals surface area contributed by atoms with Crippen LogP contribution in [0.5, 0.6) is 5.75 Å². The maximum atomic E-state index is 5.43. The summed E-state index contributed by atoms with van der Waals surface area (Å²) in [5, 5.41) is 11.7. The van der Waals surface area contributed by atoms with E-state index in [1.165, 1.54) is 5.56 Å². The summed E-state index contributed by atoms with van der Waals surface area (Å²) >= 11 is 0. The number of rotatable bonds is 4. The molecule has 0 saturated carbocycles. The third-order valence-corrected chi connectivity index (χ3v) is 4.59. The number of methoxy groups -OCH3 is 1. The van der Waals surface area contributed by atoms with Crippen LogP contribution in [0.1, 0.15) is 18.1 Å². The van der Waals surface area contributed by atoms with Gasteiger partial charge in [0.1, 0.15) is 5.75 Å². The number of benzene rings is 2. The van der Waals surface area contributed by atoms with E-state index in [-0.39, 0.29) is 6.04 Å². The van der Waals surface area contributed by atoms with Crippen molar-refractivity contribution in [3.8, 4) is 5.75 Å². The molecule has 0 fully saturated rings. The van der Waals surface area contributed by atoms with Crippen LogP contribution in [0.2, 0.25) is 0 Å². The molecule has 1 aliphatic heterocycles. The van der Waals surface area contributed by atoms with Gasteiger partial charge < -0.3 is 15.0 Å². The van der Waals surface area contributed by atoms with Gasteiger partial charge in [0.25, 0.3) is 5.95 Å². The van der Waals surface area contributed by atoms with E-state index < -0.39 is 0 Å². The first-order chi connectivity index (χ1) is 12.7. The number of para-hydroxylation sites is 1. The average molecular weight is 347 g/mol. The van der Waals surface area contributed by atoms with E-state index in [1.54, 1.807) is 13.3 Å². The minimum atomic E-state index is 0.290. The first kappa shape index (κ1) is 16.3. The van der Waals surface area contributed by atoms with Gasteiger partial charge in [-0.15, -0.1) is 5.10 Å². The zero-order chi connectivity index (χ0) is 18.1. The number of aromatic nitrogens is 3. The standard InChI is InChI=1S/C20H21N5O/c1-13-8-9-18(26-3)16(10-13)22-19-12-21-24-20(23-19)25-14(2)11-15-6-4-5-7-17(15)25/h4-10,12,14H,11H2,1-3H3,(H,22,23,24). The van der Waals surface area contributed by atoms with E-state index in [1.807, 2.05) is 31.2 Å². The number of aryl methyl sites for hydroxylation is 1. The zero-order valence-electron chi connectivity index (χ0n) is 15.1. The van der Waals surface area contributed by atoms with E-state index in [4.69, 9.17) is 9.72 Å². The first-order valence-electron chi connectivity index (χ1n) is 8.64. The van der Waals surface area contributed by atoms with Crippen LogP contribution in [0, 0.1) is 6.92 Å². The van der Waals surface area contributed by atoms with Crippen LogP contribution in [0.4, 0.5) is 23.1 Å². The summed E-state index contributed by atoms with van der Waals surface area (Å²) in [5.41, 5.74) is 4.45. The molecule has 4 rings (SSSR count). The highest BCUT2D eigenvalue weighted by Gasteiger charge is 2.29. The molecule has 1 atom stereocenters. The van der Waals surface area contributed by atoms with Gasteiger partial charge in [0, 0.05) is 11.7 Å². The molecule has 0 aliphatic carbocycles. The Bertz CT molecular complexity index is 943. The fourth-order valence-electron chi connectivity index (χ4n) is 3.38. The van der Waals surface area contributed by atoms with Gasteiger partial charge in [-0.1, -0.05) is 24.3 Å². The maximum Gasteiger partial charge on any atom is 0.252 e. The normalized spacial score (nSPS) is 15.7. The molecule has 1 N–H and O–H groups in total. The topological polar surface area (TPSA) is 63.2 Å². The lowest BCUT2D eigenvalue weighted by Crippen LogP contribution is -2.26. The fraction of sp³-hybridized carbons (Fsp3) is 0.250. The molecule has 0 amide bonds. The Hall–Kier alpha value is -3.15. The van der Waals surface area contributed by atoms with E-state index in [0.29, 0.717) is 11.8 Å². The number of anilines is 4. The first-order valence-corrected chi connectivity index (χ1v) is 8.64. The zero-order valence-corrected chi connectivity index (χ0v) is 15.1. The molecule has 3 aromatic rings. The highest BCUT2D eigenvalue weighted by atomic mass is 16.5. The second kappa shape index (κ2) is 6.63. The van der Waals surface area contributed by atoms with Crippen molar-refractivity contribution in [2.24, 2.45) is 0 Å². The van der Waals surface area contributed by atoms with Crippen molar-refractivity contribution in [1.82, 2.24) is 15.2 Å². The Morgan fingerprint density at radius 3 is 2.88 bits per heavy atom. The van der Waals surface area contributed by atoms with E-state index in [2.05, 4.69) is 45.5 Å². The number of hydrogen-bond donors (Lipinski definition) is 1. The van der Waals surface area contributed by atoms with Gasteiger partial charge in [0.2, 0.25) is 0 Å². The van der Waals surface area contributed by atoms with Gasteiger partial charge >= 0.3 is 0 Å². The molecular formula is C20H21N5O. The Morgan fingerprint density at radius 1 is 1.19 bits per heavy atom. The predicted molar refractivity (Wildman–Crippen MR) is 103 cm³/mol. The van der Waals surface area contributed by atoms with Gasteiger partial charge in [0.05, 0.1) is 19.0 Å². The van der Waals surface area contributed by atoms with E-state index in [9.17, 15) is 0 Å². The van der Waals surface area contributed by atoms with Crippen molar-refractivity contribution in [3.05, 3.63) is 59.8 Å². The Kier molecular flexibility index (Phi) is 4.16. The molecule has 0 bridgehead atoms. The van der Waals surface area contributed by atoms with Crippen molar-refractivity contribution in [3.63, 3.8) is 0 Å². The number of hydrogen-bond acceptors (Lipinski definition) is 6. The summed E-state index contributed by atoms with van der Waals surface area (Å²) in [6, 6.07) is 14.6. The number of nitrogens with one attached hydrogen (secondary N) is 1. The molecule has 0 saturated heterocycles. The lowest BCUT2D eigenvalue weighted by atomic mass is 10.1. The number of fused-ring (bicyclic) bond motifs is 1. The SMILES string of the molecule is COc1ccc(C)cc1Nc1cnnc(N2c3ccccc3CC2C)n1. The molecule has 1 aromatic heterocycles. The lowest BCUT2D eigenvalue weighted by molar-refractivity contribution is 0.416. The van der Waals surface area contributed by atoms with Crippen molar-refractivity contribution in [1.29, 1.82) is 0 Å². The molecule has 0 radical (unpaired) electrons. The fourth-order valence-corrected chi connectivity index (χ4v) is 3.38. The van der Waals surface area contributed by atoms with Gasteiger partial charge in [-0.3, -0.25) is 0 Å². The Balaban J connectivity index is 1.67. The highest BCUT2D eigenvalue weighted by Crippen LogP contribution is 2.36. The minimum Gasteiger partial charge on any atom is -0.495 e. The quantitative estimate of drug-likeness (QED) is 0.769. The summed E-state index contributed by atoms with van der Waals surface area (Å²) < 4.78 is 5.43. The molecule has 1 aliphatic rings. The minimum absolute atomic E-state index is 0.290. The molecule has 2 heterocycles. The smallest absolute Gasteiger partial charge is 0.252 e. The summed E-state index contributed by atoms with van der Waals surface area (Å²) in [4.78, 5) is 6.83. The van der Waals surface area contributed by atoms with Crippen molar-refractivity contribution >= 4 is 23.1 Å². The van der Waals surface area contributed by atoms with Crippen LogP contribution in [0.3, 0.4) is 0 Å². The second-order valence-electron chi connectivity index (χ2n) is 6.52. The van der Waals surface area contributed by atoms with Crippen LogP contribution in [-0.4, -0.2) is 28.3 Å². The monoisotopic (exact) mass is 347 g/mol. The number of ether oxygens (including phenoxy) is 1. The summed E-state index contributed by atoms with van der Waals surface area (Å²) in [6.45, 7) is 4.21. The molecule has 6 nitrogen and oxygen atoms in total.